The van der Waals surface area contributed by atoms with Gasteiger partial charge in [-0.1, -0.05) is 36.4 Å². The van der Waals surface area contributed by atoms with Crippen LogP contribution in [0.15, 0.2) is 66.9 Å². The molecule has 4 rings (SSSR count). The number of aromatic amines is 1. The Kier molecular flexibility index (Phi) is 3.78. The molecule has 2 aromatic carbocycles. The number of aromatic nitrogens is 2. The molecule has 0 aliphatic rings. The topological polar surface area (TPSA) is 57.8 Å². The summed E-state index contributed by atoms with van der Waals surface area (Å²) >= 11 is 0. The molecule has 2 N–H and O–H groups in total. The maximum absolute atomic E-state index is 12.1. The standard InChI is InChI=1S/C21H17N3O/c1-14-6-2-4-8-18(14)24-21(25)11-10-15-12-17-16-7-3-5-9-19(16)23-20(17)13-22-15/h2-13,23H,1H3,(H,24,25)/b11-10+. The molecule has 4 aromatic rings. The molecule has 0 aliphatic heterocycles. The fraction of sp³-hybridized carbons (Fsp3) is 0.0476. The van der Waals surface area contributed by atoms with Gasteiger partial charge in [0.25, 0.3) is 0 Å². The van der Waals surface area contributed by atoms with E-state index in [-0.39, 0.29) is 5.91 Å². The molecule has 0 unspecified atom stereocenters. The number of benzene rings is 2. The summed E-state index contributed by atoms with van der Waals surface area (Å²) in [5.41, 5.74) is 4.66. The van der Waals surface area contributed by atoms with Crippen LogP contribution in [0.5, 0.6) is 0 Å². The predicted molar refractivity (Wildman–Crippen MR) is 102 cm³/mol. The highest BCUT2D eigenvalue weighted by Gasteiger charge is 2.05. The molecule has 2 aromatic heterocycles. The van der Waals surface area contributed by atoms with E-state index < -0.39 is 0 Å². The molecule has 4 nitrogen and oxygen atoms in total. The highest BCUT2D eigenvalue weighted by Crippen LogP contribution is 2.25. The van der Waals surface area contributed by atoms with E-state index in [9.17, 15) is 4.79 Å². The zero-order chi connectivity index (χ0) is 17.2. The number of hydrogen-bond donors (Lipinski definition) is 2. The zero-order valence-electron chi connectivity index (χ0n) is 13.8. The van der Waals surface area contributed by atoms with Crippen LogP contribution < -0.4 is 5.32 Å². The van der Waals surface area contributed by atoms with Crippen LogP contribution in [0.4, 0.5) is 5.69 Å². The Balaban J connectivity index is 1.59. The number of carbonyl (C=O) groups is 1. The summed E-state index contributed by atoms with van der Waals surface area (Å²) in [7, 11) is 0. The molecule has 0 bridgehead atoms. The van der Waals surface area contributed by atoms with Crippen LogP contribution in [-0.4, -0.2) is 15.9 Å². The predicted octanol–water partition coefficient (Wildman–Crippen LogP) is 4.68. The van der Waals surface area contributed by atoms with Gasteiger partial charge in [-0.3, -0.25) is 9.78 Å². The van der Waals surface area contributed by atoms with Crippen LogP contribution in [0, 0.1) is 6.92 Å². The minimum absolute atomic E-state index is 0.171. The van der Waals surface area contributed by atoms with Gasteiger partial charge < -0.3 is 10.3 Å². The monoisotopic (exact) mass is 327 g/mol. The first-order valence-corrected chi connectivity index (χ1v) is 8.12. The van der Waals surface area contributed by atoms with Crippen LogP contribution >= 0.6 is 0 Å². The van der Waals surface area contributed by atoms with Crippen molar-refractivity contribution in [3.05, 3.63) is 78.1 Å². The molecule has 0 atom stereocenters. The van der Waals surface area contributed by atoms with Crippen molar-refractivity contribution >= 4 is 39.5 Å². The molecule has 0 saturated heterocycles. The highest BCUT2D eigenvalue weighted by molar-refractivity contribution is 6.07. The summed E-state index contributed by atoms with van der Waals surface area (Å²) in [5, 5.41) is 5.14. The van der Waals surface area contributed by atoms with E-state index in [1.54, 1.807) is 12.3 Å². The van der Waals surface area contributed by atoms with Crippen molar-refractivity contribution in [2.45, 2.75) is 6.92 Å². The lowest BCUT2D eigenvalue weighted by Gasteiger charge is -2.05. The second-order valence-corrected chi connectivity index (χ2v) is 5.96. The third kappa shape index (κ3) is 3.02. The number of nitrogens with zero attached hydrogens (tertiary/aromatic N) is 1. The van der Waals surface area contributed by atoms with Crippen LogP contribution in [0.1, 0.15) is 11.3 Å². The first kappa shape index (κ1) is 15.1. The van der Waals surface area contributed by atoms with Gasteiger partial charge in [0.1, 0.15) is 0 Å². The molecular weight excluding hydrogens is 310 g/mol. The van der Waals surface area contributed by atoms with Gasteiger partial charge in [-0.25, -0.2) is 0 Å². The largest absolute Gasteiger partial charge is 0.353 e. The number of rotatable bonds is 3. The number of nitrogens with one attached hydrogen (secondary N) is 2. The number of pyridine rings is 1. The number of aryl methyl sites for hydroxylation is 1. The second-order valence-electron chi connectivity index (χ2n) is 5.96. The number of anilines is 1. The molecule has 0 fully saturated rings. The normalized spacial score (nSPS) is 11.4. The quantitative estimate of drug-likeness (QED) is 0.537. The number of H-pyrrole nitrogens is 1. The van der Waals surface area contributed by atoms with Gasteiger partial charge in [0, 0.05) is 28.1 Å². The smallest absolute Gasteiger partial charge is 0.248 e. The van der Waals surface area contributed by atoms with Crippen LogP contribution in [0.25, 0.3) is 27.9 Å². The maximum Gasteiger partial charge on any atom is 0.248 e. The molecule has 0 aliphatic carbocycles. The number of carbonyl (C=O) groups excluding carboxylic acids is 1. The number of fused-ring (bicyclic) bond motifs is 3. The van der Waals surface area contributed by atoms with Gasteiger partial charge in [-0.05, 0) is 36.8 Å². The Morgan fingerprint density at radius 1 is 1.04 bits per heavy atom. The van der Waals surface area contributed by atoms with Crippen molar-refractivity contribution in [1.82, 2.24) is 9.97 Å². The lowest BCUT2D eigenvalue weighted by atomic mass is 10.1. The van der Waals surface area contributed by atoms with Crippen molar-refractivity contribution in [3.63, 3.8) is 0 Å². The van der Waals surface area contributed by atoms with E-state index in [0.29, 0.717) is 0 Å². The third-order valence-corrected chi connectivity index (χ3v) is 4.22. The Morgan fingerprint density at radius 3 is 2.72 bits per heavy atom. The summed E-state index contributed by atoms with van der Waals surface area (Å²) < 4.78 is 0. The van der Waals surface area contributed by atoms with E-state index in [4.69, 9.17) is 0 Å². The first-order chi connectivity index (χ1) is 12.2. The fourth-order valence-corrected chi connectivity index (χ4v) is 2.91. The third-order valence-electron chi connectivity index (χ3n) is 4.22. The molecule has 0 radical (unpaired) electrons. The zero-order valence-corrected chi connectivity index (χ0v) is 13.8. The Hall–Kier alpha value is -3.40. The minimum Gasteiger partial charge on any atom is -0.353 e. The Bertz CT molecular complexity index is 1110. The van der Waals surface area contributed by atoms with Crippen LogP contribution in [0.2, 0.25) is 0 Å². The summed E-state index contributed by atoms with van der Waals surface area (Å²) in [6, 6.07) is 17.8. The van der Waals surface area contributed by atoms with Gasteiger partial charge in [-0.2, -0.15) is 0 Å². The van der Waals surface area contributed by atoms with Gasteiger partial charge >= 0.3 is 0 Å². The van der Waals surface area contributed by atoms with Crippen molar-refractivity contribution in [3.8, 4) is 0 Å². The van der Waals surface area contributed by atoms with Crippen LogP contribution in [-0.2, 0) is 4.79 Å². The number of hydrogen-bond acceptors (Lipinski definition) is 2. The van der Waals surface area contributed by atoms with E-state index >= 15 is 0 Å². The van der Waals surface area contributed by atoms with Crippen molar-refractivity contribution in [1.29, 1.82) is 0 Å². The summed E-state index contributed by atoms with van der Waals surface area (Å²) in [6.45, 7) is 1.96. The summed E-state index contributed by atoms with van der Waals surface area (Å²) in [6.07, 6.45) is 5.04. The highest BCUT2D eigenvalue weighted by atomic mass is 16.1. The van der Waals surface area contributed by atoms with Crippen molar-refractivity contribution in [2.24, 2.45) is 0 Å². The number of amides is 1. The van der Waals surface area contributed by atoms with Crippen molar-refractivity contribution < 1.29 is 4.79 Å². The average molecular weight is 327 g/mol. The fourth-order valence-electron chi connectivity index (χ4n) is 2.91. The molecule has 122 valence electrons. The van der Waals surface area contributed by atoms with Gasteiger partial charge in [0.05, 0.1) is 17.4 Å². The van der Waals surface area contributed by atoms with Gasteiger partial charge in [0.2, 0.25) is 5.91 Å². The Labute approximate surface area is 145 Å². The van der Waals surface area contributed by atoms with E-state index in [1.165, 1.54) is 6.08 Å². The first-order valence-electron chi connectivity index (χ1n) is 8.12. The number of para-hydroxylation sites is 2. The molecule has 0 spiro atoms. The second kappa shape index (κ2) is 6.24. The average Bonchev–Trinajstić information content (AvgIpc) is 3.00. The van der Waals surface area contributed by atoms with E-state index in [1.807, 2.05) is 55.5 Å². The summed E-state index contributed by atoms with van der Waals surface area (Å²) in [4.78, 5) is 19.9. The van der Waals surface area contributed by atoms with Crippen molar-refractivity contribution in [2.75, 3.05) is 5.32 Å². The minimum atomic E-state index is -0.171. The SMILES string of the molecule is Cc1ccccc1NC(=O)/C=C/c1cc2c(cn1)[nH]c1ccccc12. The lowest BCUT2D eigenvalue weighted by Crippen LogP contribution is -2.08. The lowest BCUT2D eigenvalue weighted by molar-refractivity contribution is -0.111. The van der Waals surface area contributed by atoms with E-state index in [0.717, 1.165) is 38.8 Å². The summed E-state index contributed by atoms with van der Waals surface area (Å²) in [5.74, 6) is -0.171. The Morgan fingerprint density at radius 2 is 1.84 bits per heavy atom. The van der Waals surface area contributed by atoms with E-state index in [2.05, 4.69) is 21.4 Å². The molecule has 25 heavy (non-hydrogen) atoms. The van der Waals surface area contributed by atoms with Gasteiger partial charge in [-0.15, -0.1) is 0 Å². The molecule has 0 saturated carbocycles. The molecule has 4 heteroatoms. The molecule has 1 amide bonds. The molecule has 2 heterocycles. The molecular formula is C21H17N3O. The maximum atomic E-state index is 12.1. The van der Waals surface area contributed by atoms with Gasteiger partial charge in [0.15, 0.2) is 0 Å². The van der Waals surface area contributed by atoms with Crippen LogP contribution in [0.3, 0.4) is 0 Å².